The molecule has 0 aliphatic heterocycles. The predicted molar refractivity (Wildman–Crippen MR) is 118 cm³/mol. The molecular formula is C24H25N3O. The second kappa shape index (κ2) is 8.53. The Hall–Kier alpha value is -3.40. The first-order valence-corrected chi connectivity index (χ1v) is 9.36. The number of nitrogens with zero attached hydrogens (tertiary/aromatic N) is 2. The molecule has 3 aromatic rings. The highest BCUT2D eigenvalue weighted by Gasteiger charge is 2.14. The lowest BCUT2D eigenvalue weighted by atomic mass is 10.1. The van der Waals surface area contributed by atoms with Crippen LogP contribution in [0.15, 0.2) is 90.4 Å². The fraction of sp³-hybridized carbons (Fsp3) is 0.167. The Morgan fingerprint density at radius 2 is 1.93 bits per heavy atom. The molecule has 142 valence electrons. The van der Waals surface area contributed by atoms with Crippen LogP contribution in [0, 0.1) is 5.92 Å². The first-order valence-electron chi connectivity index (χ1n) is 9.36. The zero-order valence-corrected chi connectivity index (χ0v) is 16.4. The van der Waals surface area contributed by atoms with Crippen molar-refractivity contribution >= 4 is 16.9 Å². The summed E-state index contributed by atoms with van der Waals surface area (Å²) >= 11 is 0. The summed E-state index contributed by atoms with van der Waals surface area (Å²) in [6.45, 7) is 11.9. The molecule has 4 nitrogen and oxygen atoms in total. The maximum atomic E-state index is 12.8. The molecule has 28 heavy (non-hydrogen) atoms. The predicted octanol–water partition coefficient (Wildman–Crippen LogP) is 5.25. The van der Waals surface area contributed by atoms with E-state index < -0.39 is 0 Å². The summed E-state index contributed by atoms with van der Waals surface area (Å²) in [5.41, 5.74) is 3.20. The molecule has 0 spiro atoms. The summed E-state index contributed by atoms with van der Waals surface area (Å²) in [6, 6.07) is 15.3. The number of hydrogen-bond donors (Lipinski definition) is 1. The van der Waals surface area contributed by atoms with Crippen molar-refractivity contribution in [3.8, 4) is 5.69 Å². The van der Waals surface area contributed by atoms with Gasteiger partial charge in [0.2, 0.25) is 0 Å². The Kier molecular flexibility index (Phi) is 5.90. The van der Waals surface area contributed by atoms with Crippen LogP contribution in [0.5, 0.6) is 0 Å². The molecule has 0 unspecified atom stereocenters. The highest BCUT2D eigenvalue weighted by atomic mass is 16.1. The highest BCUT2D eigenvalue weighted by Crippen LogP contribution is 2.23. The molecule has 4 heteroatoms. The fourth-order valence-electron chi connectivity index (χ4n) is 3.13. The summed E-state index contributed by atoms with van der Waals surface area (Å²) in [4.78, 5) is 17.6. The van der Waals surface area contributed by atoms with E-state index in [-0.39, 0.29) is 5.43 Å². The van der Waals surface area contributed by atoms with E-state index in [2.05, 4.69) is 32.3 Å². The molecule has 0 amide bonds. The van der Waals surface area contributed by atoms with Crippen LogP contribution < -0.4 is 10.7 Å². The highest BCUT2D eigenvalue weighted by molar-refractivity contribution is 5.80. The standard InChI is InChI=1S/C24H25N3O/c1-5-10-18(6-2)25-23-16-22(28)21-14-13-19(15-17(3)4)26-24(21)27(23)20-11-8-7-9-12-20/h5-14,16-17,25H,1-2,15H2,3-4H3/b18-10+. The van der Waals surface area contributed by atoms with Gasteiger partial charge in [-0.05, 0) is 48.8 Å². The number of allylic oxidation sites excluding steroid dienone is 3. The molecule has 3 rings (SSSR count). The maximum Gasteiger partial charge on any atom is 0.193 e. The van der Waals surface area contributed by atoms with E-state index in [1.165, 1.54) is 0 Å². The third-order valence-corrected chi connectivity index (χ3v) is 4.34. The quantitative estimate of drug-likeness (QED) is 0.577. The molecule has 0 saturated heterocycles. The van der Waals surface area contributed by atoms with Crippen LogP contribution >= 0.6 is 0 Å². The van der Waals surface area contributed by atoms with Crippen LogP contribution in [0.1, 0.15) is 19.5 Å². The molecule has 0 aliphatic rings. The first kappa shape index (κ1) is 19.4. The van der Waals surface area contributed by atoms with E-state index in [1.807, 2.05) is 47.0 Å². The largest absolute Gasteiger partial charge is 0.341 e. The van der Waals surface area contributed by atoms with E-state index >= 15 is 0 Å². The van der Waals surface area contributed by atoms with Crippen molar-refractivity contribution < 1.29 is 0 Å². The lowest BCUT2D eigenvalue weighted by Crippen LogP contribution is -2.15. The van der Waals surface area contributed by atoms with Crippen LogP contribution in [0.2, 0.25) is 0 Å². The third kappa shape index (κ3) is 4.12. The lowest BCUT2D eigenvalue weighted by Gasteiger charge is -2.18. The van der Waals surface area contributed by atoms with Gasteiger partial charge in [0, 0.05) is 23.1 Å². The van der Waals surface area contributed by atoms with E-state index in [4.69, 9.17) is 4.98 Å². The Labute approximate surface area is 165 Å². The van der Waals surface area contributed by atoms with Gasteiger partial charge in [-0.2, -0.15) is 0 Å². The van der Waals surface area contributed by atoms with Crippen LogP contribution in [-0.2, 0) is 6.42 Å². The minimum absolute atomic E-state index is 0.0738. The summed E-state index contributed by atoms with van der Waals surface area (Å²) < 4.78 is 1.97. The Bertz CT molecular complexity index is 1090. The SMILES string of the molecule is C=C/C=C(\C=C)Nc1cc(=O)c2ccc(CC(C)C)nc2n1-c1ccccc1. The molecule has 0 aliphatic carbocycles. The third-order valence-electron chi connectivity index (χ3n) is 4.34. The van der Waals surface area contributed by atoms with Gasteiger partial charge in [0.15, 0.2) is 5.43 Å². The Morgan fingerprint density at radius 1 is 1.18 bits per heavy atom. The van der Waals surface area contributed by atoms with Crippen molar-refractivity contribution in [2.24, 2.45) is 5.92 Å². The van der Waals surface area contributed by atoms with E-state index in [9.17, 15) is 4.79 Å². The van der Waals surface area contributed by atoms with Crippen molar-refractivity contribution in [1.29, 1.82) is 0 Å². The van der Waals surface area contributed by atoms with Crippen LogP contribution in [-0.4, -0.2) is 9.55 Å². The lowest BCUT2D eigenvalue weighted by molar-refractivity contribution is 0.636. The Morgan fingerprint density at radius 3 is 2.57 bits per heavy atom. The molecule has 1 aromatic carbocycles. The number of para-hydroxylation sites is 1. The van der Waals surface area contributed by atoms with Crippen LogP contribution in [0.4, 0.5) is 5.82 Å². The molecule has 0 radical (unpaired) electrons. The summed E-state index contributed by atoms with van der Waals surface area (Å²) in [5.74, 6) is 1.11. The van der Waals surface area contributed by atoms with Crippen LogP contribution in [0.25, 0.3) is 16.7 Å². The average Bonchev–Trinajstić information content (AvgIpc) is 2.68. The van der Waals surface area contributed by atoms with Crippen molar-refractivity contribution in [3.63, 3.8) is 0 Å². The van der Waals surface area contributed by atoms with E-state index in [1.54, 1.807) is 24.3 Å². The number of fused-ring (bicyclic) bond motifs is 1. The molecule has 0 saturated carbocycles. The maximum absolute atomic E-state index is 12.8. The molecular weight excluding hydrogens is 346 g/mol. The fourth-order valence-corrected chi connectivity index (χ4v) is 3.13. The first-order chi connectivity index (χ1) is 13.5. The second-order valence-corrected chi connectivity index (χ2v) is 7.02. The van der Waals surface area contributed by atoms with Crippen molar-refractivity contribution in [2.75, 3.05) is 5.32 Å². The molecule has 2 heterocycles. The number of hydrogen-bond acceptors (Lipinski definition) is 3. The van der Waals surface area contributed by atoms with Crippen molar-refractivity contribution in [2.45, 2.75) is 20.3 Å². The average molecular weight is 371 g/mol. The van der Waals surface area contributed by atoms with Crippen molar-refractivity contribution in [1.82, 2.24) is 9.55 Å². The molecule has 0 bridgehead atoms. The number of anilines is 1. The Balaban J connectivity index is 2.32. The zero-order chi connectivity index (χ0) is 20.1. The molecule has 0 atom stereocenters. The van der Waals surface area contributed by atoms with Crippen molar-refractivity contribution in [3.05, 3.63) is 102 Å². The van der Waals surface area contributed by atoms with Gasteiger partial charge in [0.1, 0.15) is 11.5 Å². The normalized spacial score (nSPS) is 11.6. The monoisotopic (exact) mass is 371 g/mol. The number of pyridine rings is 2. The topological polar surface area (TPSA) is 46.9 Å². The zero-order valence-electron chi connectivity index (χ0n) is 16.4. The number of nitrogens with one attached hydrogen (secondary N) is 1. The minimum atomic E-state index is -0.0738. The van der Waals surface area contributed by atoms with Gasteiger partial charge in [0.05, 0.1) is 5.39 Å². The van der Waals surface area contributed by atoms with Gasteiger partial charge in [-0.1, -0.05) is 51.3 Å². The van der Waals surface area contributed by atoms with E-state index in [0.717, 1.165) is 23.5 Å². The molecule has 1 N–H and O–H groups in total. The number of rotatable bonds is 7. The smallest absolute Gasteiger partial charge is 0.193 e. The van der Waals surface area contributed by atoms with Gasteiger partial charge in [0.25, 0.3) is 0 Å². The molecule has 0 fully saturated rings. The second-order valence-electron chi connectivity index (χ2n) is 7.02. The van der Waals surface area contributed by atoms with Gasteiger partial charge in [-0.15, -0.1) is 0 Å². The van der Waals surface area contributed by atoms with Crippen LogP contribution in [0.3, 0.4) is 0 Å². The number of benzene rings is 1. The van der Waals surface area contributed by atoms with Gasteiger partial charge in [-0.25, -0.2) is 4.98 Å². The minimum Gasteiger partial charge on any atom is -0.341 e. The van der Waals surface area contributed by atoms with Gasteiger partial charge in [-0.3, -0.25) is 9.36 Å². The van der Waals surface area contributed by atoms with E-state index in [0.29, 0.717) is 22.8 Å². The van der Waals surface area contributed by atoms with Gasteiger partial charge < -0.3 is 5.32 Å². The molecule has 2 aromatic heterocycles. The summed E-state index contributed by atoms with van der Waals surface area (Å²) in [5, 5.41) is 3.88. The van der Waals surface area contributed by atoms with Gasteiger partial charge >= 0.3 is 0 Å². The number of aromatic nitrogens is 2. The summed E-state index contributed by atoms with van der Waals surface area (Å²) in [7, 11) is 0. The summed E-state index contributed by atoms with van der Waals surface area (Å²) in [6.07, 6.45) is 6.02.